The number of methoxy groups -OCH3 is 1. The van der Waals surface area contributed by atoms with E-state index in [0.29, 0.717) is 22.9 Å². The molecule has 6 nitrogen and oxygen atoms in total. The summed E-state index contributed by atoms with van der Waals surface area (Å²) in [6.07, 6.45) is 0.429. The van der Waals surface area contributed by atoms with E-state index in [1.807, 2.05) is 42.5 Å². The molecule has 0 amide bonds. The molecule has 0 radical (unpaired) electrons. The van der Waals surface area contributed by atoms with Crippen LogP contribution in [0.3, 0.4) is 0 Å². The Labute approximate surface area is 202 Å². The lowest BCUT2D eigenvalue weighted by Crippen LogP contribution is -2.19. The van der Waals surface area contributed by atoms with Gasteiger partial charge in [0.15, 0.2) is 0 Å². The molecule has 172 valence electrons. The Hall–Kier alpha value is -3.90. The zero-order chi connectivity index (χ0) is 23.9. The summed E-state index contributed by atoms with van der Waals surface area (Å²) in [6, 6.07) is 23.4. The molecule has 0 aliphatic heterocycles. The van der Waals surface area contributed by atoms with E-state index in [2.05, 4.69) is 4.98 Å². The molecule has 1 aromatic heterocycles. The number of aromatic nitrogens is 1. The maximum Gasteiger partial charge on any atom is 0.379 e. The number of fused-ring (bicyclic) bond motifs is 1. The lowest BCUT2D eigenvalue weighted by molar-refractivity contribution is -0.138. The molecule has 0 N–H and O–H groups in total. The monoisotopic (exact) mass is 475 g/mol. The Morgan fingerprint density at radius 1 is 0.941 bits per heavy atom. The van der Waals surface area contributed by atoms with Crippen LogP contribution in [0.4, 0.5) is 0 Å². The zero-order valence-electron chi connectivity index (χ0n) is 18.5. The van der Waals surface area contributed by atoms with Crippen molar-refractivity contribution in [3.63, 3.8) is 0 Å². The first-order valence-corrected chi connectivity index (χ1v) is 11.0. The molecule has 34 heavy (non-hydrogen) atoms. The normalized spacial score (nSPS) is 10.6. The number of halogens is 1. The van der Waals surface area contributed by atoms with Crippen molar-refractivity contribution in [2.24, 2.45) is 0 Å². The van der Waals surface area contributed by atoms with Crippen LogP contribution in [0.1, 0.15) is 21.6 Å². The Morgan fingerprint density at radius 3 is 2.50 bits per heavy atom. The van der Waals surface area contributed by atoms with Gasteiger partial charge in [0.05, 0.1) is 29.9 Å². The number of carbonyl (C=O) groups is 2. The van der Waals surface area contributed by atoms with Crippen molar-refractivity contribution in [1.29, 1.82) is 0 Å². The summed E-state index contributed by atoms with van der Waals surface area (Å²) < 4.78 is 16.0. The number of hydrogen-bond acceptors (Lipinski definition) is 6. The van der Waals surface area contributed by atoms with Crippen LogP contribution in [0.5, 0.6) is 11.5 Å². The largest absolute Gasteiger partial charge is 0.495 e. The highest BCUT2D eigenvalue weighted by Gasteiger charge is 2.18. The van der Waals surface area contributed by atoms with Crippen LogP contribution in [0.25, 0.3) is 10.9 Å². The number of rotatable bonds is 9. The van der Waals surface area contributed by atoms with Gasteiger partial charge in [0, 0.05) is 17.4 Å². The van der Waals surface area contributed by atoms with Crippen LogP contribution in [-0.4, -0.2) is 30.5 Å². The predicted octanol–water partition coefficient (Wildman–Crippen LogP) is 5.44. The Balaban J connectivity index is 1.27. The SMILES string of the molecule is COc1ccc(CCOC(=O)C(=O)c2ccc(OCc3ccc4ccccc4n3)cc2)cc1Cl. The van der Waals surface area contributed by atoms with Gasteiger partial charge in [0.2, 0.25) is 0 Å². The Bertz CT molecular complexity index is 1320. The van der Waals surface area contributed by atoms with Gasteiger partial charge < -0.3 is 14.2 Å². The van der Waals surface area contributed by atoms with Crippen LogP contribution in [0.2, 0.25) is 5.02 Å². The summed E-state index contributed by atoms with van der Waals surface area (Å²) in [6.45, 7) is 0.350. The summed E-state index contributed by atoms with van der Waals surface area (Å²) in [5, 5.41) is 1.54. The van der Waals surface area contributed by atoms with Gasteiger partial charge in [-0.15, -0.1) is 0 Å². The molecule has 0 unspecified atom stereocenters. The summed E-state index contributed by atoms with van der Waals surface area (Å²) in [4.78, 5) is 29.1. The fourth-order valence-electron chi connectivity index (χ4n) is 3.36. The summed E-state index contributed by atoms with van der Waals surface area (Å²) in [5.74, 6) is -0.487. The fourth-order valence-corrected chi connectivity index (χ4v) is 3.64. The second-order valence-corrected chi connectivity index (χ2v) is 7.90. The van der Waals surface area contributed by atoms with Gasteiger partial charge >= 0.3 is 5.97 Å². The number of carbonyl (C=O) groups excluding carboxylic acids is 2. The second kappa shape index (κ2) is 10.8. The standard InChI is InChI=1S/C27H22ClNO5/c1-32-25-13-6-18(16-23(25)28)14-15-33-27(31)26(30)20-8-11-22(12-9-20)34-17-21-10-7-19-4-2-3-5-24(19)29-21/h2-13,16H,14-15,17H2,1H3. The van der Waals surface area contributed by atoms with Gasteiger partial charge in [-0.1, -0.05) is 41.9 Å². The molecule has 0 saturated carbocycles. The highest BCUT2D eigenvalue weighted by Crippen LogP contribution is 2.25. The Morgan fingerprint density at radius 2 is 1.74 bits per heavy atom. The van der Waals surface area contributed by atoms with E-state index in [1.165, 1.54) is 19.2 Å². The molecule has 0 saturated heterocycles. The van der Waals surface area contributed by atoms with Crippen molar-refractivity contribution in [2.45, 2.75) is 13.0 Å². The first-order chi connectivity index (χ1) is 16.5. The van der Waals surface area contributed by atoms with Crippen LogP contribution in [-0.2, 0) is 22.6 Å². The molecule has 7 heteroatoms. The fraction of sp³-hybridized carbons (Fsp3) is 0.148. The van der Waals surface area contributed by atoms with E-state index in [0.717, 1.165) is 22.2 Å². The number of ether oxygens (including phenoxy) is 3. The highest BCUT2D eigenvalue weighted by molar-refractivity contribution is 6.40. The molecule has 0 fully saturated rings. The van der Waals surface area contributed by atoms with Crippen LogP contribution >= 0.6 is 11.6 Å². The summed E-state index contributed by atoms with van der Waals surface area (Å²) >= 11 is 6.09. The van der Waals surface area contributed by atoms with Crippen LogP contribution in [0.15, 0.2) is 78.9 Å². The lowest BCUT2D eigenvalue weighted by atomic mass is 10.1. The Kier molecular flexibility index (Phi) is 7.40. The van der Waals surface area contributed by atoms with E-state index in [4.69, 9.17) is 25.8 Å². The average Bonchev–Trinajstić information content (AvgIpc) is 2.87. The topological polar surface area (TPSA) is 74.7 Å². The molecule has 1 heterocycles. The van der Waals surface area contributed by atoms with Crippen molar-refractivity contribution < 1.29 is 23.8 Å². The lowest BCUT2D eigenvalue weighted by Gasteiger charge is -2.08. The van der Waals surface area contributed by atoms with Crippen LogP contribution in [0, 0.1) is 0 Å². The molecule has 3 aromatic carbocycles. The summed E-state index contributed by atoms with van der Waals surface area (Å²) in [5.41, 5.74) is 2.79. The number of Topliss-reactive ketones (excluding diaryl/α,β-unsaturated/α-hetero) is 1. The van der Waals surface area contributed by atoms with E-state index in [1.54, 1.807) is 24.3 Å². The molecule has 4 aromatic rings. The van der Waals surface area contributed by atoms with Crippen molar-refractivity contribution >= 4 is 34.3 Å². The molecule has 0 spiro atoms. The smallest absolute Gasteiger partial charge is 0.379 e. The number of esters is 1. The number of para-hydroxylation sites is 1. The van der Waals surface area contributed by atoms with Crippen molar-refractivity contribution in [3.8, 4) is 11.5 Å². The van der Waals surface area contributed by atoms with Gasteiger partial charge in [0.1, 0.15) is 18.1 Å². The third-order valence-electron chi connectivity index (χ3n) is 5.18. The van der Waals surface area contributed by atoms with E-state index >= 15 is 0 Å². The molecular weight excluding hydrogens is 454 g/mol. The minimum atomic E-state index is -0.909. The van der Waals surface area contributed by atoms with Gasteiger partial charge in [0.25, 0.3) is 5.78 Å². The molecule has 0 bridgehead atoms. The van der Waals surface area contributed by atoms with Crippen molar-refractivity contribution in [2.75, 3.05) is 13.7 Å². The van der Waals surface area contributed by atoms with Gasteiger partial charge in [-0.05, 0) is 54.1 Å². The van der Waals surface area contributed by atoms with Crippen LogP contribution < -0.4 is 9.47 Å². The zero-order valence-corrected chi connectivity index (χ0v) is 19.2. The molecular formula is C27H22ClNO5. The number of nitrogens with zero attached hydrogens (tertiary/aromatic N) is 1. The van der Waals surface area contributed by atoms with Gasteiger partial charge in [-0.3, -0.25) is 4.79 Å². The number of benzene rings is 3. The number of ketones is 1. The second-order valence-electron chi connectivity index (χ2n) is 7.49. The average molecular weight is 476 g/mol. The summed E-state index contributed by atoms with van der Waals surface area (Å²) in [7, 11) is 1.54. The third kappa shape index (κ3) is 5.71. The minimum Gasteiger partial charge on any atom is -0.495 e. The molecule has 0 atom stereocenters. The van der Waals surface area contributed by atoms with E-state index in [9.17, 15) is 9.59 Å². The molecule has 0 aliphatic carbocycles. The number of pyridine rings is 1. The molecule has 0 aliphatic rings. The molecule has 4 rings (SSSR count). The predicted molar refractivity (Wildman–Crippen MR) is 130 cm³/mol. The maximum absolute atomic E-state index is 12.4. The van der Waals surface area contributed by atoms with Crippen molar-refractivity contribution in [3.05, 3.63) is 101 Å². The van der Waals surface area contributed by atoms with Gasteiger partial charge in [-0.2, -0.15) is 0 Å². The van der Waals surface area contributed by atoms with Crippen molar-refractivity contribution in [1.82, 2.24) is 4.98 Å². The van der Waals surface area contributed by atoms with Gasteiger partial charge in [-0.25, -0.2) is 9.78 Å². The highest BCUT2D eigenvalue weighted by atomic mass is 35.5. The number of hydrogen-bond donors (Lipinski definition) is 0. The quantitative estimate of drug-likeness (QED) is 0.182. The van der Waals surface area contributed by atoms with E-state index in [-0.39, 0.29) is 18.8 Å². The first kappa shape index (κ1) is 23.3. The third-order valence-corrected chi connectivity index (χ3v) is 5.48. The van der Waals surface area contributed by atoms with E-state index < -0.39 is 11.8 Å². The minimum absolute atomic E-state index is 0.0627. The first-order valence-electron chi connectivity index (χ1n) is 10.6. The maximum atomic E-state index is 12.4.